The van der Waals surface area contributed by atoms with Crippen LogP contribution in [0.5, 0.6) is 11.5 Å². The van der Waals surface area contributed by atoms with E-state index in [0.717, 1.165) is 36.1 Å². The second kappa shape index (κ2) is 7.51. The van der Waals surface area contributed by atoms with Gasteiger partial charge in [0, 0.05) is 41.8 Å². The molecule has 4 heteroatoms. The van der Waals surface area contributed by atoms with Gasteiger partial charge in [-0.3, -0.25) is 4.79 Å². The van der Waals surface area contributed by atoms with Crippen LogP contribution in [0, 0.1) is 5.92 Å². The predicted octanol–water partition coefficient (Wildman–Crippen LogP) is 4.92. The van der Waals surface area contributed by atoms with E-state index in [4.69, 9.17) is 4.74 Å². The number of ketones is 1. The van der Waals surface area contributed by atoms with Crippen molar-refractivity contribution in [2.24, 2.45) is 5.92 Å². The van der Waals surface area contributed by atoms with E-state index in [0.29, 0.717) is 12.2 Å². The Kier molecular flexibility index (Phi) is 5.36. The Hall–Kier alpha value is -1.97. The third-order valence-corrected chi connectivity index (χ3v) is 5.34. The first kappa shape index (κ1) is 17.8. The molecule has 0 radical (unpaired) electrons. The molecular formula is C21H29NO3. The molecule has 0 saturated heterocycles. The molecule has 0 bridgehead atoms. The van der Waals surface area contributed by atoms with E-state index in [-0.39, 0.29) is 29.6 Å². The average Bonchev–Trinajstić information content (AvgIpc) is 2.54. The summed E-state index contributed by atoms with van der Waals surface area (Å²) in [6.45, 7) is 6.40. The fourth-order valence-corrected chi connectivity index (χ4v) is 3.99. The van der Waals surface area contributed by atoms with Crippen LogP contribution in [0.4, 0.5) is 5.69 Å². The Morgan fingerprint density at radius 2 is 2.16 bits per heavy atom. The lowest BCUT2D eigenvalue weighted by molar-refractivity contribution is -0.115. The summed E-state index contributed by atoms with van der Waals surface area (Å²) in [5.41, 5.74) is 2.60. The molecule has 0 spiro atoms. The SMILES string of the molecule is CCCCCC(C)Oc1cc(O)c2c(c1)N[C@@H](C)C1CCC(=O)C=C21. The molecule has 3 atom stereocenters. The molecule has 3 rings (SSSR count). The largest absolute Gasteiger partial charge is 0.507 e. The highest BCUT2D eigenvalue weighted by Gasteiger charge is 2.34. The summed E-state index contributed by atoms with van der Waals surface area (Å²) < 4.78 is 6.01. The van der Waals surface area contributed by atoms with Crippen LogP contribution in [0.3, 0.4) is 0 Å². The van der Waals surface area contributed by atoms with E-state index >= 15 is 0 Å². The molecule has 136 valence electrons. The molecule has 0 amide bonds. The number of hydrogen-bond donors (Lipinski definition) is 2. The molecule has 0 fully saturated rings. The highest BCUT2D eigenvalue weighted by atomic mass is 16.5. The van der Waals surface area contributed by atoms with Gasteiger partial charge in [-0.05, 0) is 44.8 Å². The fourth-order valence-electron chi connectivity index (χ4n) is 3.99. The Labute approximate surface area is 150 Å². The smallest absolute Gasteiger partial charge is 0.156 e. The molecule has 0 aromatic heterocycles. The normalized spacial score (nSPS) is 23.2. The number of ether oxygens (including phenoxy) is 1. The van der Waals surface area contributed by atoms with Crippen molar-refractivity contribution in [1.29, 1.82) is 0 Å². The lowest BCUT2D eigenvalue weighted by Crippen LogP contribution is -2.34. The summed E-state index contributed by atoms with van der Waals surface area (Å²) >= 11 is 0. The van der Waals surface area contributed by atoms with Crippen LogP contribution in [0.15, 0.2) is 18.2 Å². The van der Waals surface area contributed by atoms with Crippen molar-refractivity contribution in [3.63, 3.8) is 0 Å². The van der Waals surface area contributed by atoms with E-state index in [1.54, 1.807) is 12.1 Å². The van der Waals surface area contributed by atoms with Crippen molar-refractivity contribution in [2.75, 3.05) is 5.32 Å². The second-order valence-corrected chi connectivity index (χ2v) is 7.43. The molecule has 1 aliphatic heterocycles. The quantitative estimate of drug-likeness (QED) is 0.720. The Morgan fingerprint density at radius 3 is 2.92 bits per heavy atom. The van der Waals surface area contributed by atoms with Crippen molar-refractivity contribution in [1.82, 2.24) is 0 Å². The zero-order valence-electron chi connectivity index (χ0n) is 15.5. The minimum atomic E-state index is 0.119. The number of carbonyl (C=O) groups excluding carboxylic acids is 1. The summed E-state index contributed by atoms with van der Waals surface area (Å²) in [7, 11) is 0. The Balaban J connectivity index is 1.84. The van der Waals surface area contributed by atoms with Gasteiger partial charge in [-0.15, -0.1) is 0 Å². The lowest BCUT2D eigenvalue weighted by atomic mass is 9.76. The number of allylic oxidation sites excluding steroid dienone is 1. The Morgan fingerprint density at radius 1 is 1.36 bits per heavy atom. The summed E-state index contributed by atoms with van der Waals surface area (Å²) in [5.74, 6) is 1.30. The Bertz CT molecular complexity index is 680. The maximum absolute atomic E-state index is 11.9. The molecule has 1 aromatic rings. The maximum atomic E-state index is 11.9. The van der Waals surface area contributed by atoms with Crippen LogP contribution in [0.2, 0.25) is 0 Å². The highest BCUT2D eigenvalue weighted by Crippen LogP contribution is 2.47. The third kappa shape index (κ3) is 3.83. The number of fused-ring (bicyclic) bond motifs is 3. The molecule has 1 aliphatic carbocycles. The molecule has 2 aliphatic rings. The van der Waals surface area contributed by atoms with Gasteiger partial charge in [-0.1, -0.05) is 19.8 Å². The topological polar surface area (TPSA) is 58.6 Å². The van der Waals surface area contributed by atoms with Crippen LogP contribution in [-0.4, -0.2) is 23.0 Å². The van der Waals surface area contributed by atoms with E-state index in [9.17, 15) is 9.90 Å². The van der Waals surface area contributed by atoms with Crippen LogP contribution in [-0.2, 0) is 4.79 Å². The van der Waals surface area contributed by atoms with Crippen LogP contribution < -0.4 is 10.1 Å². The number of benzene rings is 1. The molecule has 2 unspecified atom stereocenters. The van der Waals surface area contributed by atoms with Gasteiger partial charge in [-0.25, -0.2) is 0 Å². The number of phenols is 1. The third-order valence-electron chi connectivity index (χ3n) is 5.34. The van der Waals surface area contributed by atoms with Gasteiger partial charge in [0.05, 0.1) is 6.10 Å². The van der Waals surface area contributed by atoms with Crippen molar-refractivity contribution in [3.8, 4) is 11.5 Å². The highest BCUT2D eigenvalue weighted by molar-refractivity contribution is 6.02. The predicted molar refractivity (Wildman–Crippen MR) is 101 cm³/mol. The lowest BCUT2D eigenvalue weighted by Gasteiger charge is -2.37. The van der Waals surface area contributed by atoms with E-state index in [1.165, 1.54) is 12.8 Å². The molecular weight excluding hydrogens is 314 g/mol. The molecule has 1 aromatic carbocycles. The minimum Gasteiger partial charge on any atom is -0.507 e. The number of hydrogen-bond acceptors (Lipinski definition) is 4. The van der Waals surface area contributed by atoms with E-state index < -0.39 is 0 Å². The summed E-state index contributed by atoms with van der Waals surface area (Å²) in [5, 5.41) is 14.1. The van der Waals surface area contributed by atoms with Crippen molar-refractivity contribution >= 4 is 17.0 Å². The van der Waals surface area contributed by atoms with Crippen LogP contribution in [0.1, 0.15) is 64.9 Å². The monoisotopic (exact) mass is 343 g/mol. The van der Waals surface area contributed by atoms with Gasteiger partial charge in [0.25, 0.3) is 0 Å². The molecule has 2 N–H and O–H groups in total. The van der Waals surface area contributed by atoms with Gasteiger partial charge in [-0.2, -0.15) is 0 Å². The number of phenolic OH excluding ortho intramolecular Hbond substituents is 1. The number of rotatable bonds is 6. The molecule has 25 heavy (non-hydrogen) atoms. The summed E-state index contributed by atoms with van der Waals surface area (Å²) in [6, 6.07) is 3.88. The number of unbranched alkanes of at least 4 members (excludes halogenated alkanes) is 2. The van der Waals surface area contributed by atoms with Gasteiger partial charge in [0.15, 0.2) is 5.78 Å². The number of anilines is 1. The number of aromatic hydroxyl groups is 1. The molecule has 0 saturated carbocycles. The van der Waals surface area contributed by atoms with Crippen molar-refractivity contribution in [2.45, 2.75) is 71.4 Å². The van der Waals surface area contributed by atoms with Crippen LogP contribution >= 0.6 is 0 Å². The second-order valence-electron chi connectivity index (χ2n) is 7.43. The average molecular weight is 343 g/mol. The zero-order chi connectivity index (χ0) is 18.0. The molecule has 4 nitrogen and oxygen atoms in total. The first-order valence-electron chi connectivity index (χ1n) is 9.54. The summed E-state index contributed by atoms with van der Waals surface area (Å²) in [4.78, 5) is 11.9. The van der Waals surface area contributed by atoms with Crippen molar-refractivity contribution in [3.05, 3.63) is 23.8 Å². The van der Waals surface area contributed by atoms with Crippen LogP contribution in [0.25, 0.3) is 5.57 Å². The zero-order valence-corrected chi connectivity index (χ0v) is 15.5. The first-order valence-corrected chi connectivity index (χ1v) is 9.54. The first-order chi connectivity index (χ1) is 12.0. The van der Waals surface area contributed by atoms with Crippen molar-refractivity contribution < 1.29 is 14.6 Å². The fraction of sp³-hybridized carbons (Fsp3) is 0.571. The number of carbonyl (C=O) groups is 1. The van der Waals surface area contributed by atoms with Gasteiger partial charge < -0.3 is 15.2 Å². The molecule has 1 heterocycles. The van der Waals surface area contributed by atoms with E-state index in [1.807, 2.05) is 6.07 Å². The number of nitrogens with one attached hydrogen (secondary N) is 1. The minimum absolute atomic E-state index is 0.119. The van der Waals surface area contributed by atoms with Gasteiger partial charge >= 0.3 is 0 Å². The standard InChI is InChI=1S/C21H29NO3/c1-4-5-6-7-13(2)25-16-11-19-21(20(24)12-16)18-10-15(23)8-9-17(18)14(3)22-19/h10-14,17,22,24H,4-9H2,1-3H3/t13?,14-,17?/m0/s1. The van der Waals surface area contributed by atoms with E-state index in [2.05, 4.69) is 26.1 Å². The van der Waals surface area contributed by atoms with Gasteiger partial charge in [0.2, 0.25) is 0 Å². The maximum Gasteiger partial charge on any atom is 0.156 e. The summed E-state index contributed by atoms with van der Waals surface area (Å²) in [6.07, 6.45) is 7.84. The van der Waals surface area contributed by atoms with Gasteiger partial charge in [0.1, 0.15) is 11.5 Å².